The number of piperidine rings is 1. The van der Waals surface area contributed by atoms with Gasteiger partial charge in [0.05, 0.1) is 16.8 Å². The average Bonchev–Trinajstić information content (AvgIpc) is 3.26. The molecule has 0 radical (unpaired) electrons. The summed E-state index contributed by atoms with van der Waals surface area (Å²) >= 11 is 1.56. The first kappa shape index (κ1) is 19.5. The summed E-state index contributed by atoms with van der Waals surface area (Å²) < 4.78 is 7.10. The highest BCUT2D eigenvalue weighted by Crippen LogP contribution is 2.37. The summed E-state index contributed by atoms with van der Waals surface area (Å²) in [7, 11) is 0. The summed E-state index contributed by atoms with van der Waals surface area (Å²) in [6.45, 7) is 1.01. The smallest absolute Gasteiger partial charge is 0.279 e. The maximum Gasteiger partial charge on any atom is 0.279 e. The van der Waals surface area contributed by atoms with E-state index in [2.05, 4.69) is 33.4 Å². The molecule has 2 aliphatic rings. The predicted molar refractivity (Wildman–Crippen MR) is 119 cm³/mol. The Balaban J connectivity index is 1.21. The summed E-state index contributed by atoms with van der Waals surface area (Å²) in [5.41, 5.74) is 7.70. The molecule has 6 nitrogen and oxygen atoms in total. The quantitative estimate of drug-likeness (QED) is 0.634. The Bertz CT molecular complexity index is 988. The fourth-order valence-corrected chi connectivity index (χ4v) is 5.64. The molecule has 7 heteroatoms. The van der Waals surface area contributed by atoms with Crippen LogP contribution in [0.4, 0.5) is 0 Å². The van der Waals surface area contributed by atoms with Crippen LogP contribution in [0, 0.1) is 0 Å². The molecule has 2 bridgehead atoms. The van der Waals surface area contributed by atoms with Crippen molar-refractivity contribution in [1.29, 1.82) is 0 Å². The van der Waals surface area contributed by atoms with Gasteiger partial charge >= 0.3 is 0 Å². The first-order valence-corrected chi connectivity index (χ1v) is 11.4. The molecule has 2 atom stereocenters. The minimum Gasteiger partial charge on any atom is -0.431 e. The van der Waals surface area contributed by atoms with Crippen molar-refractivity contribution < 1.29 is 9.53 Å². The summed E-state index contributed by atoms with van der Waals surface area (Å²) in [4.78, 5) is 18.8. The Hall–Kier alpha value is -2.48. The SMILES string of the molecule is NCC(=O)NC1C[C@H]2CC[C@H](C1)N2Cc1ccc(Oc2nc3ccccc3s2)cc1. The number of carbonyl (C=O) groups excluding carboxylic acids is 1. The minimum atomic E-state index is -0.0448. The predicted octanol–water partition coefficient (Wildman–Crippen LogP) is 3.66. The zero-order chi connectivity index (χ0) is 20.5. The Kier molecular flexibility index (Phi) is 5.41. The van der Waals surface area contributed by atoms with E-state index in [1.807, 2.05) is 30.3 Å². The summed E-state index contributed by atoms with van der Waals surface area (Å²) in [6.07, 6.45) is 4.44. The van der Waals surface area contributed by atoms with Crippen LogP contribution in [0.1, 0.15) is 31.2 Å². The van der Waals surface area contributed by atoms with E-state index in [1.54, 1.807) is 11.3 Å². The molecule has 2 saturated heterocycles. The van der Waals surface area contributed by atoms with Gasteiger partial charge in [0.25, 0.3) is 5.19 Å². The lowest BCUT2D eigenvalue weighted by Gasteiger charge is -2.39. The third-order valence-electron chi connectivity index (χ3n) is 6.20. The van der Waals surface area contributed by atoms with Crippen LogP contribution in [0.5, 0.6) is 10.9 Å². The fraction of sp³-hybridized carbons (Fsp3) is 0.391. The number of nitrogens with two attached hydrogens (primary N) is 1. The third-order valence-corrected chi connectivity index (χ3v) is 7.12. The first-order chi connectivity index (χ1) is 14.7. The molecular formula is C23H26N4O2S. The fourth-order valence-electron chi connectivity index (χ4n) is 4.81. The standard InChI is InChI=1S/C23H26N4O2S/c24-13-22(28)25-16-11-17-7-8-18(12-16)27(17)14-15-5-9-19(10-6-15)29-23-26-20-3-1-2-4-21(20)30-23/h1-6,9-10,16-18H,7-8,11-14,24H2,(H,25,28)/t17-,18-/m1/s1. The molecule has 0 saturated carbocycles. The van der Waals surface area contributed by atoms with E-state index >= 15 is 0 Å². The Labute approximate surface area is 180 Å². The van der Waals surface area contributed by atoms with E-state index in [1.165, 1.54) is 18.4 Å². The molecule has 1 aromatic heterocycles. The van der Waals surface area contributed by atoms with Crippen molar-refractivity contribution in [2.75, 3.05) is 6.54 Å². The first-order valence-electron chi connectivity index (χ1n) is 10.6. The van der Waals surface area contributed by atoms with Crippen molar-refractivity contribution in [2.24, 2.45) is 5.73 Å². The van der Waals surface area contributed by atoms with Crippen molar-refractivity contribution >= 4 is 27.5 Å². The van der Waals surface area contributed by atoms with Crippen molar-refractivity contribution in [3.63, 3.8) is 0 Å². The number of hydrogen-bond donors (Lipinski definition) is 2. The highest BCUT2D eigenvalue weighted by molar-refractivity contribution is 7.20. The van der Waals surface area contributed by atoms with Gasteiger partial charge in [-0.3, -0.25) is 9.69 Å². The Morgan fingerprint density at radius 2 is 1.87 bits per heavy atom. The van der Waals surface area contributed by atoms with Crippen LogP contribution in [-0.2, 0) is 11.3 Å². The number of benzene rings is 2. The molecule has 3 aromatic rings. The molecular weight excluding hydrogens is 396 g/mol. The van der Waals surface area contributed by atoms with E-state index < -0.39 is 0 Å². The summed E-state index contributed by atoms with van der Waals surface area (Å²) in [6, 6.07) is 17.7. The van der Waals surface area contributed by atoms with Crippen molar-refractivity contribution in [1.82, 2.24) is 15.2 Å². The number of ether oxygens (including phenoxy) is 1. The molecule has 3 heterocycles. The van der Waals surface area contributed by atoms with Gasteiger partial charge in [-0.25, -0.2) is 4.98 Å². The van der Waals surface area contributed by atoms with Gasteiger partial charge in [-0.15, -0.1) is 0 Å². The van der Waals surface area contributed by atoms with Crippen LogP contribution in [0.2, 0.25) is 0 Å². The number of nitrogens with zero attached hydrogens (tertiary/aromatic N) is 2. The van der Waals surface area contributed by atoms with Gasteiger partial charge in [0, 0.05) is 24.7 Å². The van der Waals surface area contributed by atoms with Gasteiger partial charge in [-0.2, -0.15) is 0 Å². The maximum absolute atomic E-state index is 11.6. The number of rotatable bonds is 6. The second-order valence-electron chi connectivity index (χ2n) is 8.19. The van der Waals surface area contributed by atoms with Gasteiger partial charge in [-0.05, 0) is 55.5 Å². The Morgan fingerprint density at radius 3 is 2.57 bits per heavy atom. The van der Waals surface area contributed by atoms with Crippen molar-refractivity contribution in [2.45, 2.75) is 50.4 Å². The number of thiazole rings is 1. The lowest BCUT2D eigenvalue weighted by Crippen LogP contribution is -2.50. The maximum atomic E-state index is 11.6. The van der Waals surface area contributed by atoms with Crippen molar-refractivity contribution in [3.05, 3.63) is 54.1 Å². The molecule has 2 aliphatic heterocycles. The molecule has 2 fully saturated rings. The van der Waals surface area contributed by atoms with E-state index in [0.29, 0.717) is 17.3 Å². The van der Waals surface area contributed by atoms with E-state index in [4.69, 9.17) is 10.5 Å². The highest BCUT2D eigenvalue weighted by atomic mass is 32.1. The van der Waals surface area contributed by atoms with Gasteiger partial charge in [0.1, 0.15) is 5.75 Å². The third kappa shape index (κ3) is 4.05. The van der Waals surface area contributed by atoms with Crippen LogP contribution in [0.3, 0.4) is 0 Å². The number of aromatic nitrogens is 1. The minimum absolute atomic E-state index is 0.0448. The molecule has 0 unspecified atom stereocenters. The average molecular weight is 423 g/mol. The number of hydrogen-bond acceptors (Lipinski definition) is 6. The summed E-state index contributed by atoms with van der Waals surface area (Å²) in [5, 5.41) is 3.75. The van der Waals surface area contributed by atoms with Crippen molar-refractivity contribution in [3.8, 4) is 10.9 Å². The number of carbonyl (C=O) groups is 1. The lowest BCUT2D eigenvalue weighted by molar-refractivity contribution is -0.120. The molecule has 1 amide bonds. The molecule has 5 rings (SSSR count). The number of amides is 1. The van der Waals surface area contributed by atoms with Gasteiger partial charge in [0.2, 0.25) is 5.91 Å². The molecule has 0 spiro atoms. The van der Waals surface area contributed by atoms with Crippen LogP contribution in [-0.4, -0.2) is 40.5 Å². The van der Waals surface area contributed by atoms with E-state index in [-0.39, 0.29) is 18.5 Å². The molecule has 2 aromatic carbocycles. The molecule has 156 valence electrons. The zero-order valence-electron chi connectivity index (χ0n) is 16.8. The van der Waals surface area contributed by atoms with Gasteiger partial charge in [-0.1, -0.05) is 35.6 Å². The van der Waals surface area contributed by atoms with Crippen LogP contribution in [0.25, 0.3) is 10.2 Å². The lowest BCUT2D eigenvalue weighted by atomic mass is 9.96. The monoisotopic (exact) mass is 422 g/mol. The number of nitrogens with one attached hydrogen (secondary N) is 1. The van der Waals surface area contributed by atoms with Crippen LogP contribution >= 0.6 is 11.3 Å². The topological polar surface area (TPSA) is 80.5 Å². The molecule has 30 heavy (non-hydrogen) atoms. The van der Waals surface area contributed by atoms with E-state index in [0.717, 1.165) is 35.4 Å². The van der Waals surface area contributed by atoms with Gasteiger partial charge in [0.15, 0.2) is 0 Å². The molecule has 3 N–H and O–H groups in total. The highest BCUT2D eigenvalue weighted by Gasteiger charge is 2.40. The zero-order valence-corrected chi connectivity index (χ0v) is 17.6. The second-order valence-corrected chi connectivity index (χ2v) is 9.18. The van der Waals surface area contributed by atoms with Crippen LogP contribution in [0.15, 0.2) is 48.5 Å². The number of para-hydroxylation sites is 1. The summed E-state index contributed by atoms with van der Waals surface area (Å²) in [5.74, 6) is 0.764. The molecule has 0 aliphatic carbocycles. The Morgan fingerprint density at radius 1 is 1.13 bits per heavy atom. The largest absolute Gasteiger partial charge is 0.431 e. The van der Waals surface area contributed by atoms with E-state index in [9.17, 15) is 4.79 Å². The van der Waals surface area contributed by atoms with Gasteiger partial charge < -0.3 is 15.8 Å². The van der Waals surface area contributed by atoms with Crippen LogP contribution < -0.4 is 15.8 Å². The normalized spacial score (nSPS) is 23.6. The second kappa shape index (κ2) is 8.34. The number of fused-ring (bicyclic) bond motifs is 3.